The fourth-order valence-corrected chi connectivity index (χ4v) is 1.81. The molecule has 16 heavy (non-hydrogen) atoms. The Hall–Kier alpha value is -1.92. The average Bonchev–Trinajstić information content (AvgIpc) is 2.84. The molecule has 1 saturated heterocycles. The van der Waals surface area contributed by atoms with Crippen LogP contribution in [-0.2, 0) is 4.79 Å². The number of aromatic nitrogens is 3. The van der Waals surface area contributed by atoms with Gasteiger partial charge in [-0.3, -0.25) is 14.7 Å². The molecule has 1 atom stereocenters. The number of nitrogens with one attached hydrogen (secondary N) is 2. The Morgan fingerprint density at radius 3 is 3.06 bits per heavy atom. The summed E-state index contributed by atoms with van der Waals surface area (Å²) in [6, 6.07) is 0.0457. The molecule has 2 N–H and O–H groups in total. The molecule has 0 spiro atoms. The van der Waals surface area contributed by atoms with Crippen molar-refractivity contribution in [3.05, 3.63) is 12.2 Å². The van der Waals surface area contributed by atoms with E-state index >= 15 is 0 Å². The zero-order valence-electron chi connectivity index (χ0n) is 8.93. The molecule has 7 heteroatoms. The third kappa shape index (κ3) is 2.18. The SMILES string of the molecule is CC(=O)NC1CCN(C(=O)c2ncn[nH]2)C1. The molecule has 1 aliphatic heterocycles. The smallest absolute Gasteiger partial charge is 0.291 e. The lowest BCUT2D eigenvalue weighted by Crippen LogP contribution is -2.37. The number of rotatable bonds is 2. The van der Waals surface area contributed by atoms with Crippen molar-refractivity contribution < 1.29 is 9.59 Å². The molecule has 1 aromatic heterocycles. The predicted octanol–water partition coefficient (Wildman–Crippen LogP) is -0.845. The Morgan fingerprint density at radius 2 is 2.44 bits per heavy atom. The van der Waals surface area contributed by atoms with Gasteiger partial charge in [-0.15, -0.1) is 0 Å². The first-order valence-electron chi connectivity index (χ1n) is 5.08. The van der Waals surface area contributed by atoms with Gasteiger partial charge in [0.1, 0.15) is 6.33 Å². The molecule has 2 rings (SSSR count). The minimum absolute atomic E-state index is 0.0457. The molecule has 0 bridgehead atoms. The van der Waals surface area contributed by atoms with E-state index in [1.165, 1.54) is 13.3 Å². The maximum absolute atomic E-state index is 11.8. The van der Waals surface area contributed by atoms with E-state index in [1.54, 1.807) is 4.90 Å². The largest absolute Gasteiger partial charge is 0.352 e. The van der Waals surface area contributed by atoms with Gasteiger partial charge in [0, 0.05) is 26.1 Å². The second kappa shape index (κ2) is 4.30. The third-order valence-corrected chi connectivity index (χ3v) is 2.50. The summed E-state index contributed by atoms with van der Waals surface area (Å²) in [5, 5.41) is 8.95. The second-order valence-electron chi connectivity index (χ2n) is 3.77. The quantitative estimate of drug-likeness (QED) is 0.683. The van der Waals surface area contributed by atoms with Gasteiger partial charge in [0.05, 0.1) is 0 Å². The molecule has 1 fully saturated rings. The topological polar surface area (TPSA) is 91.0 Å². The Bertz CT molecular complexity index is 389. The first-order valence-corrected chi connectivity index (χ1v) is 5.08. The van der Waals surface area contributed by atoms with E-state index in [2.05, 4.69) is 20.5 Å². The van der Waals surface area contributed by atoms with Crippen molar-refractivity contribution in [2.75, 3.05) is 13.1 Å². The van der Waals surface area contributed by atoms with Gasteiger partial charge < -0.3 is 10.2 Å². The zero-order chi connectivity index (χ0) is 11.5. The summed E-state index contributed by atoms with van der Waals surface area (Å²) in [5.41, 5.74) is 0. The first-order chi connectivity index (χ1) is 7.66. The normalized spacial score (nSPS) is 19.8. The number of amides is 2. The summed E-state index contributed by atoms with van der Waals surface area (Å²) in [6.07, 6.45) is 2.08. The highest BCUT2D eigenvalue weighted by molar-refractivity contribution is 5.90. The molecule has 1 aliphatic rings. The van der Waals surface area contributed by atoms with Crippen LogP contribution in [0, 0.1) is 0 Å². The van der Waals surface area contributed by atoms with Crippen molar-refractivity contribution in [3.8, 4) is 0 Å². The van der Waals surface area contributed by atoms with Crippen LogP contribution in [-0.4, -0.2) is 51.0 Å². The number of carbonyl (C=O) groups is 2. The van der Waals surface area contributed by atoms with E-state index in [0.717, 1.165) is 6.42 Å². The average molecular weight is 223 g/mol. The van der Waals surface area contributed by atoms with Crippen LogP contribution >= 0.6 is 0 Å². The number of likely N-dealkylation sites (tertiary alicyclic amines) is 1. The van der Waals surface area contributed by atoms with Crippen LogP contribution in [0.15, 0.2) is 6.33 Å². The fourth-order valence-electron chi connectivity index (χ4n) is 1.81. The van der Waals surface area contributed by atoms with Crippen LogP contribution in [0.2, 0.25) is 0 Å². The van der Waals surface area contributed by atoms with E-state index in [1.807, 2.05) is 0 Å². The molecular weight excluding hydrogens is 210 g/mol. The van der Waals surface area contributed by atoms with Crippen molar-refractivity contribution >= 4 is 11.8 Å². The summed E-state index contributed by atoms with van der Waals surface area (Å²) < 4.78 is 0. The molecule has 0 radical (unpaired) electrons. The highest BCUT2D eigenvalue weighted by Crippen LogP contribution is 2.11. The minimum Gasteiger partial charge on any atom is -0.352 e. The molecule has 2 amide bonds. The van der Waals surface area contributed by atoms with Gasteiger partial charge in [0.15, 0.2) is 0 Å². The highest BCUT2D eigenvalue weighted by Gasteiger charge is 2.28. The molecule has 86 valence electrons. The summed E-state index contributed by atoms with van der Waals surface area (Å²) in [4.78, 5) is 28.1. The van der Waals surface area contributed by atoms with Crippen molar-refractivity contribution in [2.24, 2.45) is 0 Å². The van der Waals surface area contributed by atoms with Crippen LogP contribution in [0.4, 0.5) is 0 Å². The van der Waals surface area contributed by atoms with Gasteiger partial charge in [0.25, 0.3) is 5.91 Å². The summed E-state index contributed by atoms with van der Waals surface area (Å²) >= 11 is 0. The Kier molecular flexibility index (Phi) is 2.84. The lowest BCUT2D eigenvalue weighted by molar-refractivity contribution is -0.119. The van der Waals surface area contributed by atoms with Gasteiger partial charge in [-0.05, 0) is 6.42 Å². The van der Waals surface area contributed by atoms with E-state index in [0.29, 0.717) is 13.1 Å². The monoisotopic (exact) mass is 223 g/mol. The van der Waals surface area contributed by atoms with E-state index in [-0.39, 0.29) is 23.7 Å². The predicted molar refractivity (Wildman–Crippen MR) is 54.5 cm³/mol. The molecule has 0 aliphatic carbocycles. The van der Waals surface area contributed by atoms with Gasteiger partial charge in [-0.2, -0.15) is 5.10 Å². The molecule has 1 unspecified atom stereocenters. The first kappa shape index (κ1) is 10.6. The van der Waals surface area contributed by atoms with E-state index in [9.17, 15) is 9.59 Å². The maximum Gasteiger partial charge on any atom is 0.291 e. The Balaban J connectivity index is 1.94. The highest BCUT2D eigenvalue weighted by atomic mass is 16.2. The van der Waals surface area contributed by atoms with Crippen LogP contribution in [0.3, 0.4) is 0 Å². The van der Waals surface area contributed by atoms with Crippen LogP contribution in [0.1, 0.15) is 24.0 Å². The van der Waals surface area contributed by atoms with Crippen molar-refractivity contribution in [1.29, 1.82) is 0 Å². The number of carbonyl (C=O) groups excluding carboxylic acids is 2. The molecule has 0 aromatic carbocycles. The lowest BCUT2D eigenvalue weighted by Gasteiger charge is -2.14. The molecule has 2 heterocycles. The van der Waals surface area contributed by atoms with Crippen LogP contribution < -0.4 is 5.32 Å². The number of hydrogen-bond acceptors (Lipinski definition) is 4. The third-order valence-electron chi connectivity index (χ3n) is 2.50. The Morgan fingerprint density at radius 1 is 1.62 bits per heavy atom. The molecular formula is C9H13N5O2. The van der Waals surface area contributed by atoms with Gasteiger partial charge >= 0.3 is 0 Å². The number of hydrogen-bond donors (Lipinski definition) is 2. The van der Waals surface area contributed by atoms with Crippen LogP contribution in [0.5, 0.6) is 0 Å². The van der Waals surface area contributed by atoms with Gasteiger partial charge in [-0.1, -0.05) is 0 Å². The van der Waals surface area contributed by atoms with Crippen molar-refractivity contribution in [1.82, 2.24) is 25.4 Å². The molecule has 0 saturated carbocycles. The number of aromatic amines is 1. The zero-order valence-corrected chi connectivity index (χ0v) is 8.93. The number of H-pyrrole nitrogens is 1. The second-order valence-corrected chi connectivity index (χ2v) is 3.77. The van der Waals surface area contributed by atoms with Crippen LogP contribution in [0.25, 0.3) is 0 Å². The maximum atomic E-state index is 11.8. The fraction of sp³-hybridized carbons (Fsp3) is 0.556. The van der Waals surface area contributed by atoms with Gasteiger partial charge in [0.2, 0.25) is 11.7 Å². The standard InChI is InChI=1S/C9H13N5O2/c1-6(15)12-7-2-3-14(4-7)9(16)8-10-5-11-13-8/h5,7H,2-4H2,1H3,(H,12,15)(H,10,11,13). The lowest BCUT2D eigenvalue weighted by atomic mass is 10.3. The summed E-state index contributed by atoms with van der Waals surface area (Å²) in [7, 11) is 0. The number of nitrogens with zero attached hydrogens (tertiary/aromatic N) is 3. The van der Waals surface area contributed by atoms with Crippen molar-refractivity contribution in [3.63, 3.8) is 0 Å². The summed E-state index contributed by atoms with van der Waals surface area (Å²) in [6.45, 7) is 2.63. The van der Waals surface area contributed by atoms with E-state index in [4.69, 9.17) is 0 Å². The minimum atomic E-state index is -0.176. The van der Waals surface area contributed by atoms with Crippen molar-refractivity contribution in [2.45, 2.75) is 19.4 Å². The summed E-state index contributed by atoms with van der Waals surface area (Å²) in [5.74, 6) is -0.00667. The van der Waals surface area contributed by atoms with E-state index < -0.39 is 0 Å². The van der Waals surface area contributed by atoms with Gasteiger partial charge in [-0.25, -0.2) is 4.98 Å². The molecule has 7 nitrogen and oxygen atoms in total. The Labute approximate surface area is 92.2 Å². The molecule has 1 aromatic rings.